The molecule has 0 spiro atoms. The highest BCUT2D eigenvalue weighted by Gasteiger charge is 2.27. The minimum atomic E-state index is -0.746. The predicted octanol–water partition coefficient (Wildman–Crippen LogP) is 0.591. The number of nitrogens with one attached hydrogen (secondary N) is 1. The van der Waals surface area contributed by atoms with E-state index in [0.717, 1.165) is 19.3 Å². The van der Waals surface area contributed by atoms with Crippen LogP contribution in [-0.2, 0) is 9.59 Å². The smallest absolute Gasteiger partial charge is 0.306 e. The van der Waals surface area contributed by atoms with Crippen molar-refractivity contribution in [2.45, 2.75) is 38.1 Å². The zero-order valence-electron chi connectivity index (χ0n) is 11.3. The molecule has 0 radical (unpaired) electrons. The van der Waals surface area contributed by atoms with Crippen LogP contribution in [0, 0.1) is 17.2 Å². The highest BCUT2D eigenvalue weighted by molar-refractivity contribution is 5.78. The summed E-state index contributed by atoms with van der Waals surface area (Å²) in [5, 5.41) is 20.6. The SMILES string of the molecule is CN(CCC#N)C(=O)CNC1CCCC(C(=O)O)C1. The van der Waals surface area contributed by atoms with E-state index in [4.69, 9.17) is 10.4 Å². The van der Waals surface area contributed by atoms with Crippen molar-refractivity contribution in [3.8, 4) is 6.07 Å². The summed E-state index contributed by atoms with van der Waals surface area (Å²) in [7, 11) is 1.67. The van der Waals surface area contributed by atoms with E-state index in [1.165, 1.54) is 4.90 Å². The van der Waals surface area contributed by atoms with Crippen LogP contribution in [0.5, 0.6) is 0 Å². The first-order valence-corrected chi connectivity index (χ1v) is 6.61. The fourth-order valence-electron chi connectivity index (χ4n) is 2.31. The number of aliphatic carboxylic acids is 1. The number of rotatable bonds is 6. The summed E-state index contributed by atoms with van der Waals surface area (Å²) in [4.78, 5) is 24.2. The van der Waals surface area contributed by atoms with Crippen molar-refractivity contribution in [1.29, 1.82) is 5.26 Å². The van der Waals surface area contributed by atoms with Crippen molar-refractivity contribution in [1.82, 2.24) is 10.2 Å². The number of hydrogen-bond acceptors (Lipinski definition) is 4. The van der Waals surface area contributed by atoms with Gasteiger partial charge in [0.05, 0.1) is 25.0 Å². The Labute approximate surface area is 113 Å². The molecule has 0 aromatic rings. The summed E-state index contributed by atoms with van der Waals surface area (Å²) in [6, 6.07) is 2.10. The lowest BCUT2D eigenvalue weighted by Crippen LogP contribution is -2.43. The Morgan fingerprint density at radius 1 is 1.47 bits per heavy atom. The van der Waals surface area contributed by atoms with Gasteiger partial charge >= 0.3 is 5.97 Å². The van der Waals surface area contributed by atoms with Gasteiger partial charge in [-0.1, -0.05) is 6.42 Å². The molecule has 2 N–H and O–H groups in total. The fourth-order valence-corrected chi connectivity index (χ4v) is 2.31. The number of carboxylic acids is 1. The first-order chi connectivity index (χ1) is 9.04. The third kappa shape index (κ3) is 5.26. The van der Waals surface area contributed by atoms with Crippen LogP contribution in [0.1, 0.15) is 32.1 Å². The van der Waals surface area contributed by atoms with E-state index in [-0.39, 0.29) is 24.4 Å². The molecule has 0 saturated heterocycles. The number of nitriles is 1. The lowest BCUT2D eigenvalue weighted by atomic mass is 9.86. The van der Waals surface area contributed by atoms with Crippen LogP contribution < -0.4 is 5.32 Å². The summed E-state index contributed by atoms with van der Waals surface area (Å²) in [5.41, 5.74) is 0. The van der Waals surface area contributed by atoms with Crippen LogP contribution in [0.3, 0.4) is 0 Å². The van der Waals surface area contributed by atoms with Crippen LogP contribution in [0.25, 0.3) is 0 Å². The average molecular weight is 267 g/mol. The molecule has 1 aliphatic rings. The van der Waals surface area contributed by atoms with Crippen molar-refractivity contribution in [3.05, 3.63) is 0 Å². The lowest BCUT2D eigenvalue weighted by molar-refractivity contribution is -0.143. The number of likely N-dealkylation sites (N-methyl/N-ethyl adjacent to an activating group) is 1. The Morgan fingerprint density at radius 3 is 2.84 bits per heavy atom. The zero-order chi connectivity index (χ0) is 14.3. The van der Waals surface area contributed by atoms with Gasteiger partial charge in [-0.25, -0.2) is 0 Å². The first kappa shape index (κ1) is 15.4. The second-order valence-corrected chi connectivity index (χ2v) is 5.00. The maximum atomic E-state index is 11.7. The van der Waals surface area contributed by atoms with Crippen LogP contribution >= 0.6 is 0 Å². The summed E-state index contributed by atoms with van der Waals surface area (Å²) in [6.45, 7) is 0.637. The van der Waals surface area contributed by atoms with Crippen molar-refractivity contribution < 1.29 is 14.7 Å². The molecule has 1 saturated carbocycles. The quantitative estimate of drug-likeness (QED) is 0.734. The maximum absolute atomic E-state index is 11.7. The van der Waals surface area contributed by atoms with Crippen molar-refractivity contribution in [3.63, 3.8) is 0 Å². The highest BCUT2D eigenvalue weighted by atomic mass is 16.4. The predicted molar refractivity (Wildman–Crippen MR) is 69.3 cm³/mol. The van der Waals surface area contributed by atoms with Gasteiger partial charge in [-0.15, -0.1) is 0 Å². The van der Waals surface area contributed by atoms with Crippen LogP contribution in [0.4, 0.5) is 0 Å². The standard InChI is InChI=1S/C13H21N3O3/c1-16(7-3-6-14)12(17)9-15-11-5-2-4-10(8-11)13(18)19/h10-11,15H,2-5,7-9H2,1H3,(H,18,19). The largest absolute Gasteiger partial charge is 0.481 e. The topological polar surface area (TPSA) is 93.4 Å². The molecule has 1 fully saturated rings. The lowest BCUT2D eigenvalue weighted by Gasteiger charge is -2.28. The first-order valence-electron chi connectivity index (χ1n) is 6.61. The molecule has 6 nitrogen and oxygen atoms in total. The zero-order valence-corrected chi connectivity index (χ0v) is 11.3. The van der Waals surface area contributed by atoms with E-state index in [9.17, 15) is 9.59 Å². The molecule has 2 atom stereocenters. The number of carbonyl (C=O) groups is 2. The Balaban J connectivity index is 2.30. The van der Waals surface area contributed by atoms with E-state index < -0.39 is 5.97 Å². The van der Waals surface area contributed by atoms with Gasteiger partial charge < -0.3 is 15.3 Å². The van der Waals surface area contributed by atoms with Crippen LogP contribution in [0.15, 0.2) is 0 Å². The van der Waals surface area contributed by atoms with E-state index >= 15 is 0 Å². The molecule has 1 aliphatic carbocycles. The number of amides is 1. The van der Waals surface area contributed by atoms with Crippen molar-refractivity contribution >= 4 is 11.9 Å². The Bertz CT molecular complexity index is 365. The molecule has 0 aromatic heterocycles. The van der Waals surface area contributed by atoms with Gasteiger partial charge in [0.15, 0.2) is 0 Å². The minimum absolute atomic E-state index is 0.0623. The summed E-state index contributed by atoms with van der Waals surface area (Å²) in [6.07, 6.45) is 3.44. The van der Waals surface area contributed by atoms with Crippen LogP contribution in [0.2, 0.25) is 0 Å². The molecule has 0 bridgehead atoms. The van der Waals surface area contributed by atoms with E-state index in [0.29, 0.717) is 19.4 Å². The molecular weight excluding hydrogens is 246 g/mol. The highest BCUT2D eigenvalue weighted by Crippen LogP contribution is 2.24. The van der Waals surface area contributed by atoms with Gasteiger partial charge in [0.1, 0.15) is 0 Å². The molecule has 6 heteroatoms. The third-order valence-corrected chi connectivity index (χ3v) is 3.55. The van der Waals surface area contributed by atoms with Crippen LogP contribution in [-0.4, -0.2) is 48.1 Å². The molecular formula is C13H21N3O3. The summed E-state index contributed by atoms with van der Waals surface area (Å²) < 4.78 is 0. The number of carbonyl (C=O) groups excluding carboxylic acids is 1. The molecule has 0 heterocycles. The molecule has 1 rings (SSSR count). The number of hydrogen-bond donors (Lipinski definition) is 2. The van der Waals surface area contributed by atoms with Gasteiger partial charge in [0.2, 0.25) is 5.91 Å². The second-order valence-electron chi connectivity index (χ2n) is 5.00. The van der Waals surface area contributed by atoms with Crippen molar-refractivity contribution in [2.75, 3.05) is 20.1 Å². The van der Waals surface area contributed by atoms with E-state index in [2.05, 4.69) is 5.32 Å². The van der Waals surface area contributed by atoms with Gasteiger partial charge in [0.25, 0.3) is 0 Å². The Kier molecular flexibility index (Phi) is 6.30. The Hall–Kier alpha value is -1.61. The number of carboxylic acid groups (broad SMARTS) is 1. The van der Waals surface area contributed by atoms with Gasteiger partial charge in [-0.2, -0.15) is 5.26 Å². The van der Waals surface area contributed by atoms with Gasteiger partial charge in [-0.05, 0) is 19.3 Å². The summed E-state index contributed by atoms with van der Waals surface area (Å²) in [5.74, 6) is -1.10. The monoisotopic (exact) mass is 267 g/mol. The molecule has 2 unspecified atom stereocenters. The average Bonchev–Trinajstić information content (AvgIpc) is 2.42. The molecule has 0 aromatic carbocycles. The fraction of sp³-hybridized carbons (Fsp3) is 0.769. The normalized spacial score (nSPS) is 22.5. The molecule has 1 amide bonds. The summed E-state index contributed by atoms with van der Waals surface area (Å²) >= 11 is 0. The van der Waals surface area contributed by atoms with Crippen molar-refractivity contribution in [2.24, 2.45) is 5.92 Å². The van der Waals surface area contributed by atoms with Gasteiger partial charge in [0, 0.05) is 19.6 Å². The van der Waals surface area contributed by atoms with Gasteiger partial charge in [-0.3, -0.25) is 9.59 Å². The van der Waals surface area contributed by atoms with E-state index in [1.807, 2.05) is 6.07 Å². The maximum Gasteiger partial charge on any atom is 0.306 e. The molecule has 19 heavy (non-hydrogen) atoms. The Morgan fingerprint density at radius 2 is 2.21 bits per heavy atom. The third-order valence-electron chi connectivity index (χ3n) is 3.55. The molecule has 0 aliphatic heterocycles. The second kappa shape index (κ2) is 7.74. The minimum Gasteiger partial charge on any atom is -0.481 e. The molecule has 106 valence electrons. The number of nitrogens with zero attached hydrogens (tertiary/aromatic N) is 2. The van der Waals surface area contributed by atoms with E-state index in [1.54, 1.807) is 7.05 Å².